The van der Waals surface area contributed by atoms with Gasteiger partial charge < -0.3 is 15.1 Å². The van der Waals surface area contributed by atoms with Crippen molar-refractivity contribution in [2.24, 2.45) is 9.98 Å². The Hall–Kier alpha value is -3.78. The maximum Gasteiger partial charge on any atom is 0.330 e. The number of amidine groups is 2. The van der Waals surface area contributed by atoms with Crippen molar-refractivity contribution in [3.05, 3.63) is 114 Å². The van der Waals surface area contributed by atoms with Gasteiger partial charge in [0.2, 0.25) is 0 Å². The van der Waals surface area contributed by atoms with Crippen LogP contribution in [0.1, 0.15) is 50.6 Å². The fourth-order valence-electron chi connectivity index (χ4n) is 4.56. The molecule has 2 heterocycles. The number of nitrogens with zero attached hydrogens (tertiary/aromatic N) is 2. The van der Waals surface area contributed by atoms with E-state index in [0.717, 1.165) is 33.8 Å². The zero-order valence-corrected chi connectivity index (χ0v) is 23.9. The average Bonchev–Trinajstić information content (AvgIpc) is 3.35. The molecule has 0 bridgehead atoms. The molecule has 0 amide bonds. The molecule has 5 nitrogen and oxygen atoms in total. The van der Waals surface area contributed by atoms with E-state index in [2.05, 4.69) is 59.9 Å². The van der Waals surface area contributed by atoms with Crippen molar-refractivity contribution in [1.82, 2.24) is 5.32 Å². The van der Waals surface area contributed by atoms with Gasteiger partial charge in [0, 0.05) is 31.3 Å². The van der Waals surface area contributed by atoms with E-state index in [-0.39, 0.29) is 6.17 Å². The van der Waals surface area contributed by atoms with E-state index in [4.69, 9.17) is 14.6 Å². The van der Waals surface area contributed by atoms with E-state index in [1.165, 1.54) is 20.2 Å². The summed E-state index contributed by atoms with van der Waals surface area (Å²) in [6.45, 7) is 7.25. The predicted molar refractivity (Wildman–Crippen MR) is 168 cm³/mol. The molecule has 1 aromatic heterocycles. The maximum atomic E-state index is 10.4. The third kappa shape index (κ3) is 5.08. The Labute approximate surface area is 239 Å². The number of nitrogens with one attached hydrogen (secondary N) is 1. The summed E-state index contributed by atoms with van der Waals surface area (Å²) in [5, 5.41) is 16.4. The maximum absolute atomic E-state index is 10.4. The number of benzene rings is 4. The van der Waals surface area contributed by atoms with E-state index in [1.54, 1.807) is 32.7 Å². The van der Waals surface area contributed by atoms with Crippen molar-refractivity contribution < 1.29 is 9.76 Å². The van der Waals surface area contributed by atoms with Crippen LogP contribution >= 0.6 is 11.3 Å². The molecular weight excluding hydrogens is 513 g/mol. The number of rotatable bonds is 7. The normalized spacial score (nSPS) is 16.0. The highest BCUT2D eigenvalue weighted by atomic mass is 32.1. The van der Waals surface area contributed by atoms with Gasteiger partial charge in [-0.05, 0) is 45.4 Å². The van der Waals surface area contributed by atoms with Crippen molar-refractivity contribution in [3.8, 4) is 0 Å². The second kappa shape index (κ2) is 10.3. The average molecular weight is 545 g/mol. The van der Waals surface area contributed by atoms with Crippen molar-refractivity contribution in [3.63, 3.8) is 0 Å². The van der Waals surface area contributed by atoms with Gasteiger partial charge in [0.05, 0.1) is 11.2 Å². The van der Waals surface area contributed by atoms with Crippen LogP contribution < -0.4 is 10.8 Å². The minimum atomic E-state index is -0.983. The summed E-state index contributed by atoms with van der Waals surface area (Å²) < 4.78 is 8.44. The van der Waals surface area contributed by atoms with Crippen molar-refractivity contribution in [2.45, 2.75) is 45.1 Å². The molecule has 0 spiro atoms. The predicted octanol–water partition coefficient (Wildman–Crippen LogP) is 6.36. The molecule has 199 valence electrons. The van der Waals surface area contributed by atoms with Gasteiger partial charge in [-0.3, -0.25) is 0 Å². The molecule has 1 atom stereocenters. The first kappa shape index (κ1) is 26.4. The first-order chi connectivity index (χ1) is 19.2. The quantitative estimate of drug-likeness (QED) is 0.235. The lowest BCUT2D eigenvalue weighted by Gasteiger charge is -2.37. The highest BCUT2D eigenvalue weighted by Gasteiger charge is 2.35. The highest BCUT2D eigenvalue weighted by molar-refractivity contribution is 7.25. The largest absolute Gasteiger partial charge is 0.427 e. The molecular formula is C33H31BN3O2S. The Morgan fingerprint density at radius 3 is 2.20 bits per heavy atom. The third-order valence-electron chi connectivity index (χ3n) is 7.64. The molecule has 1 aliphatic rings. The summed E-state index contributed by atoms with van der Waals surface area (Å²) >= 11 is 1.80. The molecule has 1 radical (unpaired) electrons. The molecule has 6 rings (SSSR count). The first-order valence-electron chi connectivity index (χ1n) is 13.4. The van der Waals surface area contributed by atoms with Gasteiger partial charge in [0.25, 0.3) is 0 Å². The van der Waals surface area contributed by atoms with Gasteiger partial charge in [-0.2, -0.15) is 0 Å². The summed E-state index contributed by atoms with van der Waals surface area (Å²) in [6.07, 6.45) is -0.366. The zero-order valence-electron chi connectivity index (χ0n) is 23.1. The van der Waals surface area contributed by atoms with Crippen molar-refractivity contribution in [1.29, 1.82) is 0 Å². The molecule has 5 aromatic rings. The molecule has 40 heavy (non-hydrogen) atoms. The SMILES string of the molecule is CC(C)(O)C(C)(C)O[B]c1ccc(C2=NC(c3ccccc3)N=C(c3cccc4sc5ccccc5c34)N2)cc1. The standard InChI is InChI=1S/C33H31BN3O2S/c1-32(2,38)33(3,4)39-34-23-19-17-22(18-20-23)30-35-29(21-11-6-5-7-12-21)36-31(37-30)25-14-10-16-27-28(25)24-13-8-9-15-26(24)40-27/h5-20,29,38H,1-4H3,(H,35,36,37). The van der Waals surface area contributed by atoms with Crippen LogP contribution in [0.4, 0.5) is 0 Å². The van der Waals surface area contributed by atoms with Crippen LogP contribution in [0.15, 0.2) is 107 Å². The Kier molecular flexibility index (Phi) is 6.82. The molecule has 1 aliphatic heterocycles. The first-order valence-corrected chi connectivity index (χ1v) is 14.2. The van der Waals surface area contributed by atoms with E-state index in [9.17, 15) is 5.11 Å². The second-order valence-electron chi connectivity index (χ2n) is 11.1. The molecule has 0 saturated heterocycles. The fourth-order valence-corrected chi connectivity index (χ4v) is 5.69. The summed E-state index contributed by atoms with van der Waals surface area (Å²) in [4.78, 5) is 10.1. The minimum absolute atomic E-state index is 0.366. The molecule has 0 saturated carbocycles. The van der Waals surface area contributed by atoms with E-state index >= 15 is 0 Å². The molecule has 0 aliphatic carbocycles. The highest BCUT2D eigenvalue weighted by Crippen LogP contribution is 2.36. The number of aliphatic imine (C=N–C) groups is 2. The lowest BCUT2D eigenvalue weighted by atomic mass is 9.82. The van der Waals surface area contributed by atoms with Crippen LogP contribution in [-0.2, 0) is 4.65 Å². The second-order valence-corrected chi connectivity index (χ2v) is 12.2. The van der Waals surface area contributed by atoms with E-state index < -0.39 is 11.2 Å². The van der Waals surface area contributed by atoms with Gasteiger partial charge in [0.1, 0.15) is 11.7 Å². The number of hydrogen-bond donors (Lipinski definition) is 2. The minimum Gasteiger partial charge on any atom is -0.427 e. The van der Waals surface area contributed by atoms with Gasteiger partial charge in [-0.1, -0.05) is 90.4 Å². The zero-order chi connectivity index (χ0) is 27.9. The molecule has 2 N–H and O–H groups in total. The number of aliphatic hydroxyl groups is 1. The lowest BCUT2D eigenvalue weighted by molar-refractivity contribution is -0.0893. The van der Waals surface area contributed by atoms with Gasteiger partial charge >= 0.3 is 7.48 Å². The summed E-state index contributed by atoms with van der Waals surface area (Å²) in [5.41, 5.74) is 2.24. The summed E-state index contributed by atoms with van der Waals surface area (Å²) in [7, 11) is 1.69. The molecule has 7 heteroatoms. The van der Waals surface area contributed by atoms with Crippen LogP contribution in [0.25, 0.3) is 20.2 Å². The monoisotopic (exact) mass is 544 g/mol. The Morgan fingerprint density at radius 1 is 0.775 bits per heavy atom. The summed E-state index contributed by atoms with van der Waals surface area (Å²) in [6, 6.07) is 33.2. The van der Waals surface area contributed by atoms with Crippen LogP contribution in [0.3, 0.4) is 0 Å². The van der Waals surface area contributed by atoms with Crippen LogP contribution in [0, 0.1) is 0 Å². The van der Waals surface area contributed by atoms with E-state index in [1.807, 2.05) is 56.3 Å². The van der Waals surface area contributed by atoms with Crippen molar-refractivity contribution >= 4 is 56.1 Å². The summed E-state index contributed by atoms with van der Waals surface area (Å²) in [5.74, 6) is 1.57. The lowest BCUT2D eigenvalue weighted by Crippen LogP contribution is -2.49. The number of thiophene rings is 1. The van der Waals surface area contributed by atoms with Crippen LogP contribution in [0.5, 0.6) is 0 Å². The smallest absolute Gasteiger partial charge is 0.330 e. The Balaban J connectivity index is 1.36. The van der Waals surface area contributed by atoms with Gasteiger partial charge in [0.15, 0.2) is 6.17 Å². The topological polar surface area (TPSA) is 66.2 Å². The molecule has 1 unspecified atom stereocenters. The van der Waals surface area contributed by atoms with Crippen LogP contribution in [0.2, 0.25) is 0 Å². The van der Waals surface area contributed by atoms with Gasteiger partial charge in [-0.25, -0.2) is 9.98 Å². The van der Waals surface area contributed by atoms with E-state index in [0.29, 0.717) is 0 Å². The Morgan fingerprint density at radius 2 is 1.45 bits per heavy atom. The number of fused-ring (bicyclic) bond motifs is 3. The molecule has 4 aromatic carbocycles. The van der Waals surface area contributed by atoms with Crippen LogP contribution in [-0.4, -0.2) is 35.5 Å². The number of hydrogen-bond acceptors (Lipinski definition) is 6. The third-order valence-corrected chi connectivity index (χ3v) is 8.78. The Bertz CT molecular complexity index is 1740. The van der Waals surface area contributed by atoms with Crippen molar-refractivity contribution in [2.75, 3.05) is 0 Å². The fraction of sp³-hybridized carbons (Fsp3) is 0.212. The van der Waals surface area contributed by atoms with Gasteiger partial charge in [-0.15, -0.1) is 11.3 Å². The molecule has 0 fully saturated rings.